The van der Waals surface area contributed by atoms with Crippen LogP contribution in [0.2, 0.25) is 0 Å². The Morgan fingerprint density at radius 2 is 1.96 bits per heavy atom. The zero-order chi connectivity index (χ0) is 19.6. The summed E-state index contributed by atoms with van der Waals surface area (Å²) in [4.78, 5) is 7.35. The Labute approximate surface area is 164 Å². The number of benzene rings is 1. The highest BCUT2D eigenvalue weighted by Gasteiger charge is 2.43. The van der Waals surface area contributed by atoms with Crippen LogP contribution in [0.15, 0.2) is 12.1 Å². The van der Waals surface area contributed by atoms with E-state index in [2.05, 4.69) is 54.7 Å². The third-order valence-corrected chi connectivity index (χ3v) is 6.71. The first-order valence-electron chi connectivity index (χ1n) is 10.4. The van der Waals surface area contributed by atoms with Gasteiger partial charge in [0.15, 0.2) is 0 Å². The minimum absolute atomic E-state index is 0.213. The summed E-state index contributed by atoms with van der Waals surface area (Å²) in [6.07, 6.45) is 2.29. The molecule has 2 aliphatic rings. The zero-order valence-corrected chi connectivity index (χ0v) is 17.7. The summed E-state index contributed by atoms with van der Waals surface area (Å²) in [6, 6.07) is 6.35. The summed E-state index contributed by atoms with van der Waals surface area (Å²) < 4.78 is 6.06. The summed E-state index contributed by atoms with van der Waals surface area (Å²) in [5, 5.41) is 8.96. The van der Waals surface area contributed by atoms with Gasteiger partial charge in [-0.3, -0.25) is 4.90 Å². The number of aliphatic hydroxyl groups is 1. The molecular weight excluding hydrogens is 338 g/mol. The molecule has 0 saturated carbocycles. The van der Waals surface area contributed by atoms with Crippen molar-refractivity contribution in [2.75, 3.05) is 53.5 Å². The minimum atomic E-state index is 0.213. The van der Waals surface area contributed by atoms with Gasteiger partial charge in [0, 0.05) is 44.3 Å². The van der Waals surface area contributed by atoms with Gasteiger partial charge >= 0.3 is 0 Å². The van der Waals surface area contributed by atoms with E-state index < -0.39 is 0 Å². The van der Waals surface area contributed by atoms with Crippen LogP contribution >= 0.6 is 0 Å². The fourth-order valence-electron chi connectivity index (χ4n) is 4.77. The van der Waals surface area contributed by atoms with E-state index in [9.17, 15) is 0 Å². The first-order valence-corrected chi connectivity index (χ1v) is 10.4. The number of likely N-dealkylation sites (N-methyl/N-ethyl adjacent to an activating group) is 2. The molecule has 0 radical (unpaired) electrons. The largest absolute Gasteiger partial charge is 0.493 e. The zero-order valence-electron chi connectivity index (χ0n) is 17.7. The van der Waals surface area contributed by atoms with Crippen molar-refractivity contribution >= 4 is 0 Å². The fourth-order valence-corrected chi connectivity index (χ4v) is 4.77. The topological polar surface area (TPSA) is 39.2 Å². The van der Waals surface area contributed by atoms with Gasteiger partial charge in [-0.15, -0.1) is 0 Å². The molecule has 3 rings (SSSR count). The smallest absolute Gasteiger partial charge is 0.122 e. The molecule has 2 saturated heterocycles. The van der Waals surface area contributed by atoms with Crippen molar-refractivity contribution in [2.45, 2.75) is 51.7 Å². The maximum Gasteiger partial charge on any atom is 0.122 e. The lowest BCUT2D eigenvalue weighted by atomic mass is 9.96. The number of aliphatic hydroxyl groups excluding tert-OH is 1. The summed E-state index contributed by atoms with van der Waals surface area (Å²) in [5.74, 6) is 1.01. The van der Waals surface area contributed by atoms with Crippen molar-refractivity contribution in [3.63, 3.8) is 0 Å². The van der Waals surface area contributed by atoms with Crippen LogP contribution in [0.3, 0.4) is 0 Å². The predicted octanol–water partition coefficient (Wildman–Crippen LogP) is 2.45. The van der Waals surface area contributed by atoms with E-state index in [1.807, 2.05) is 7.05 Å². The predicted molar refractivity (Wildman–Crippen MR) is 111 cm³/mol. The summed E-state index contributed by atoms with van der Waals surface area (Å²) >= 11 is 0. The van der Waals surface area contributed by atoms with Crippen molar-refractivity contribution in [3.8, 4) is 5.75 Å². The molecule has 0 spiro atoms. The molecule has 5 heteroatoms. The second-order valence-corrected chi connectivity index (χ2v) is 8.49. The van der Waals surface area contributed by atoms with E-state index in [1.165, 1.54) is 36.2 Å². The third-order valence-electron chi connectivity index (χ3n) is 6.71. The summed E-state index contributed by atoms with van der Waals surface area (Å²) in [6.45, 7) is 11.8. The fraction of sp³-hybridized carbons (Fsp3) is 0.727. The Bertz CT molecular complexity index is 634. The van der Waals surface area contributed by atoms with Gasteiger partial charge < -0.3 is 19.6 Å². The molecule has 2 fully saturated rings. The average Bonchev–Trinajstić information content (AvgIpc) is 3.21. The molecule has 1 N–H and O–H groups in total. The van der Waals surface area contributed by atoms with E-state index in [4.69, 9.17) is 9.84 Å². The van der Waals surface area contributed by atoms with Crippen molar-refractivity contribution in [2.24, 2.45) is 0 Å². The molecule has 2 aliphatic heterocycles. The van der Waals surface area contributed by atoms with Gasteiger partial charge in [0.05, 0.1) is 13.2 Å². The van der Waals surface area contributed by atoms with Crippen molar-refractivity contribution in [1.29, 1.82) is 0 Å². The molecule has 3 atom stereocenters. The molecule has 152 valence electrons. The molecule has 1 aromatic carbocycles. The Kier molecular flexibility index (Phi) is 6.79. The number of nitrogens with zero attached hydrogens (tertiary/aromatic N) is 3. The summed E-state index contributed by atoms with van der Waals surface area (Å²) in [7, 11) is 4.29. The van der Waals surface area contributed by atoms with Gasteiger partial charge in [0.1, 0.15) is 5.75 Å². The molecule has 2 bridgehead atoms. The first kappa shape index (κ1) is 20.6. The van der Waals surface area contributed by atoms with Gasteiger partial charge in [-0.05, 0) is 70.5 Å². The van der Waals surface area contributed by atoms with Gasteiger partial charge in [-0.2, -0.15) is 0 Å². The van der Waals surface area contributed by atoms with Crippen molar-refractivity contribution in [3.05, 3.63) is 28.8 Å². The Hall–Kier alpha value is -1.14. The van der Waals surface area contributed by atoms with E-state index in [1.54, 1.807) is 0 Å². The molecule has 0 amide bonds. The Morgan fingerprint density at radius 3 is 2.59 bits per heavy atom. The monoisotopic (exact) mass is 375 g/mol. The molecule has 1 aromatic rings. The van der Waals surface area contributed by atoms with E-state index >= 15 is 0 Å². The molecule has 2 heterocycles. The third kappa shape index (κ3) is 4.48. The van der Waals surface area contributed by atoms with Crippen LogP contribution in [0.25, 0.3) is 0 Å². The van der Waals surface area contributed by atoms with Crippen LogP contribution in [0.5, 0.6) is 5.75 Å². The number of ether oxygens (including phenoxy) is 1. The normalized spacial score (nSPS) is 24.1. The van der Waals surface area contributed by atoms with Gasteiger partial charge in [0.2, 0.25) is 0 Å². The number of rotatable bonds is 9. The lowest BCUT2D eigenvalue weighted by Gasteiger charge is -2.37. The van der Waals surface area contributed by atoms with Crippen LogP contribution in [0.4, 0.5) is 0 Å². The maximum atomic E-state index is 8.96. The molecular formula is C22H37N3O2. The molecule has 0 aromatic heterocycles. The SMILES string of the molecule is Cc1c(OCCCN(C)CCO)ccc([C@H](C)N2CC3CC2CN3C)c1C. The van der Waals surface area contributed by atoms with Crippen LogP contribution in [-0.4, -0.2) is 85.4 Å². The number of likely N-dealkylation sites (tertiary alicyclic amines) is 2. The lowest BCUT2D eigenvalue weighted by molar-refractivity contribution is 0.113. The number of hydrogen-bond acceptors (Lipinski definition) is 5. The van der Waals surface area contributed by atoms with Gasteiger partial charge in [-0.1, -0.05) is 6.07 Å². The Balaban J connectivity index is 1.58. The van der Waals surface area contributed by atoms with Gasteiger partial charge in [0.25, 0.3) is 0 Å². The van der Waals surface area contributed by atoms with Crippen LogP contribution in [0.1, 0.15) is 42.5 Å². The second-order valence-electron chi connectivity index (χ2n) is 8.49. The van der Waals surface area contributed by atoms with Crippen molar-refractivity contribution in [1.82, 2.24) is 14.7 Å². The quantitative estimate of drug-likeness (QED) is 0.671. The number of piperazine rings is 1. The van der Waals surface area contributed by atoms with Gasteiger partial charge in [-0.25, -0.2) is 0 Å². The van der Waals surface area contributed by atoms with Crippen LogP contribution < -0.4 is 4.74 Å². The highest BCUT2D eigenvalue weighted by Crippen LogP contribution is 2.38. The molecule has 5 nitrogen and oxygen atoms in total. The molecule has 27 heavy (non-hydrogen) atoms. The number of hydrogen-bond donors (Lipinski definition) is 1. The van der Waals surface area contributed by atoms with Crippen LogP contribution in [-0.2, 0) is 0 Å². The minimum Gasteiger partial charge on any atom is -0.493 e. The Morgan fingerprint density at radius 1 is 1.19 bits per heavy atom. The van der Waals surface area contributed by atoms with Crippen molar-refractivity contribution < 1.29 is 9.84 Å². The maximum absolute atomic E-state index is 8.96. The highest BCUT2D eigenvalue weighted by atomic mass is 16.5. The summed E-state index contributed by atoms with van der Waals surface area (Å²) in [5.41, 5.74) is 4.08. The average molecular weight is 376 g/mol. The second kappa shape index (κ2) is 8.91. The first-order chi connectivity index (χ1) is 12.9. The van der Waals surface area contributed by atoms with E-state index in [0.29, 0.717) is 18.7 Å². The number of fused-ring (bicyclic) bond motifs is 2. The molecule has 0 aliphatic carbocycles. The highest BCUT2D eigenvalue weighted by molar-refractivity contribution is 5.45. The van der Waals surface area contributed by atoms with E-state index in [-0.39, 0.29) is 6.61 Å². The van der Waals surface area contributed by atoms with Crippen LogP contribution in [0, 0.1) is 13.8 Å². The standard InChI is InChI=1S/C22H37N3O2/c1-16-17(2)22(27-12-6-9-23(4)10-11-26)8-7-21(16)18(3)25-15-19-13-20(25)14-24(19)5/h7-8,18-20,26H,6,9-15H2,1-5H3/t18-,19?,20?/m0/s1. The van der Waals surface area contributed by atoms with E-state index in [0.717, 1.165) is 31.3 Å². The molecule has 2 unspecified atom stereocenters. The lowest BCUT2D eigenvalue weighted by Crippen LogP contribution is -2.45.